The molecule has 0 bridgehead atoms. The molecule has 0 saturated carbocycles. The van der Waals surface area contributed by atoms with Crippen LogP contribution in [0.3, 0.4) is 0 Å². The van der Waals surface area contributed by atoms with E-state index in [4.69, 9.17) is 4.74 Å². The normalized spacial score (nSPS) is 22.8. The molecular weight excluding hydrogens is 390 g/mol. The first-order chi connectivity index (χ1) is 14.5. The van der Waals surface area contributed by atoms with Crippen LogP contribution >= 0.6 is 11.8 Å². The number of carbonyl (C=O) groups is 1. The van der Waals surface area contributed by atoms with Gasteiger partial charge in [0.05, 0.1) is 7.11 Å². The second-order valence-corrected chi connectivity index (χ2v) is 10.2. The molecule has 0 fully saturated rings. The van der Waals surface area contributed by atoms with Crippen LogP contribution in [-0.2, 0) is 4.79 Å². The largest absolute Gasteiger partial charge is 0.497 e. The number of rotatable bonds is 3. The third-order valence-corrected chi connectivity index (χ3v) is 7.50. The highest BCUT2D eigenvalue weighted by atomic mass is 32.2. The molecule has 2 heterocycles. The van der Waals surface area contributed by atoms with Crippen molar-refractivity contribution in [3.63, 3.8) is 0 Å². The summed E-state index contributed by atoms with van der Waals surface area (Å²) in [6.45, 7) is 4.43. The molecule has 2 aliphatic heterocycles. The van der Waals surface area contributed by atoms with E-state index in [1.54, 1.807) is 7.11 Å². The number of anilines is 1. The molecule has 0 radical (unpaired) electrons. The highest BCUT2D eigenvalue weighted by Crippen LogP contribution is 2.56. The number of hydrogen-bond donors (Lipinski definition) is 0. The van der Waals surface area contributed by atoms with Gasteiger partial charge in [-0.25, -0.2) is 0 Å². The molecule has 5 rings (SSSR count). The average Bonchev–Trinajstić information content (AvgIpc) is 3.21. The summed E-state index contributed by atoms with van der Waals surface area (Å²) in [5.41, 5.74) is 5.82. The second kappa shape index (κ2) is 7.35. The van der Waals surface area contributed by atoms with Gasteiger partial charge in [-0.2, -0.15) is 0 Å². The first-order valence-electron chi connectivity index (χ1n) is 10.6. The van der Waals surface area contributed by atoms with Gasteiger partial charge in [-0.05, 0) is 48.1 Å². The fourth-order valence-electron chi connectivity index (χ4n) is 5.09. The Hall–Kier alpha value is -2.46. The van der Waals surface area contributed by atoms with Crippen molar-refractivity contribution in [2.45, 2.75) is 39.0 Å². The van der Waals surface area contributed by atoms with Gasteiger partial charge in [-0.15, -0.1) is 11.8 Å². The number of ketones is 1. The van der Waals surface area contributed by atoms with Gasteiger partial charge < -0.3 is 9.64 Å². The summed E-state index contributed by atoms with van der Waals surface area (Å²) in [7, 11) is 1.70. The fraction of sp³-hybridized carbons (Fsp3) is 0.346. The van der Waals surface area contributed by atoms with Gasteiger partial charge in [-0.3, -0.25) is 4.79 Å². The molecule has 1 unspecified atom stereocenters. The molecule has 0 aromatic heterocycles. The zero-order valence-corrected chi connectivity index (χ0v) is 18.6. The number of thioether (sulfide) groups is 1. The summed E-state index contributed by atoms with van der Waals surface area (Å²) in [4.78, 5) is 17.3. The number of allylic oxidation sites excluding steroid dienone is 4. The van der Waals surface area contributed by atoms with Gasteiger partial charge in [0, 0.05) is 45.7 Å². The van der Waals surface area contributed by atoms with Gasteiger partial charge in [0.2, 0.25) is 0 Å². The summed E-state index contributed by atoms with van der Waals surface area (Å²) in [5, 5.41) is 0. The Morgan fingerprint density at radius 1 is 1.03 bits per heavy atom. The number of Topliss-reactive ketones (excluding diaryl/α,β-unsaturated/α-hetero) is 1. The van der Waals surface area contributed by atoms with Crippen LogP contribution in [0.4, 0.5) is 5.69 Å². The van der Waals surface area contributed by atoms with Gasteiger partial charge in [0.25, 0.3) is 0 Å². The number of ether oxygens (including phenoxy) is 1. The van der Waals surface area contributed by atoms with Crippen LogP contribution in [0.5, 0.6) is 5.75 Å². The van der Waals surface area contributed by atoms with E-state index in [0.29, 0.717) is 6.42 Å². The maximum atomic E-state index is 13.6. The predicted molar refractivity (Wildman–Crippen MR) is 124 cm³/mol. The van der Waals surface area contributed by atoms with Gasteiger partial charge in [-0.1, -0.05) is 44.2 Å². The second-order valence-electron chi connectivity index (χ2n) is 9.09. The monoisotopic (exact) mass is 417 g/mol. The number of carbonyl (C=O) groups excluding carboxylic acids is 1. The summed E-state index contributed by atoms with van der Waals surface area (Å²) in [5.74, 6) is 2.20. The maximum absolute atomic E-state index is 13.6. The van der Waals surface area contributed by atoms with Crippen molar-refractivity contribution >= 4 is 23.2 Å². The summed E-state index contributed by atoms with van der Waals surface area (Å²) < 4.78 is 5.51. The lowest BCUT2D eigenvalue weighted by Gasteiger charge is -2.44. The maximum Gasteiger partial charge on any atom is 0.162 e. The van der Waals surface area contributed by atoms with E-state index in [0.717, 1.165) is 41.2 Å². The SMILES string of the molecule is COc1cccc(C2C3=C(CCS3)N(c3ccccc3)C3=C2C(=O)CC(C)(C)C3)c1. The van der Waals surface area contributed by atoms with E-state index in [9.17, 15) is 4.79 Å². The molecule has 4 heteroatoms. The molecule has 0 saturated heterocycles. The molecule has 154 valence electrons. The van der Waals surface area contributed by atoms with Gasteiger partial charge >= 0.3 is 0 Å². The third-order valence-electron chi connectivity index (χ3n) is 6.31. The Bertz CT molecular complexity index is 1070. The van der Waals surface area contributed by atoms with E-state index in [2.05, 4.69) is 61.2 Å². The molecule has 2 aromatic carbocycles. The van der Waals surface area contributed by atoms with Crippen LogP contribution in [0.25, 0.3) is 0 Å². The molecule has 30 heavy (non-hydrogen) atoms. The first kappa shape index (κ1) is 19.5. The molecule has 1 atom stereocenters. The molecule has 3 nitrogen and oxygen atoms in total. The quantitative estimate of drug-likeness (QED) is 0.587. The minimum absolute atomic E-state index is 0.0150. The van der Waals surface area contributed by atoms with Crippen molar-refractivity contribution in [1.29, 1.82) is 0 Å². The van der Waals surface area contributed by atoms with Gasteiger partial charge in [0.1, 0.15) is 5.75 Å². The predicted octanol–water partition coefficient (Wildman–Crippen LogP) is 6.29. The molecule has 0 N–H and O–H groups in total. The summed E-state index contributed by atoms with van der Waals surface area (Å²) in [6.07, 6.45) is 2.54. The zero-order valence-electron chi connectivity index (χ0n) is 17.8. The van der Waals surface area contributed by atoms with Crippen molar-refractivity contribution < 1.29 is 9.53 Å². The Morgan fingerprint density at radius 3 is 2.60 bits per heavy atom. The Balaban J connectivity index is 1.75. The summed E-state index contributed by atoms with van der Waals surface area (Å²) in [6, 6.07) is 18.8. The van der Waals surface area contributed by atoms with E-state index in [1.165, 1.54) is 16.3 Å². The highest BCUT2D eigenvalue weighted by molar-refractivity contribution is 8.03. The smallest absolute Gasteiger partial charge is 0.162 e. The van der Waals surface area contributed by atoms with Crippen LogP contribution in [0.2, 0.25) is 0 Å². The molecule has 3 aliphatic rings. The Morgan fingerprint density at radius 2 is 1.83 bits per heavy atom. The van der Waals surface area contributed by atoms with Crippen molar-refractivity contribution in [3.8, 4) is 5.75 Å². The number of para-hydroxylation sites is 1. The van der Waals surface area contributed by atoms with Crippen molar-refractivity contribution in [2.75, 3.05) is 17.8 Å². The van der Waals surface area contributed by atoms with E-state index in [1.807, 2.05) is 23.9 Å². The molecular formula is C26H27NO2S. The Kier molecular flexibility index (Phi) is 4.78. The molecule has 0 amide bonds. The highest BCUT2D eigenvalue weighted by Gasteiger charge is 2.46. The van der Waals surface area contributed by atoms with Crippen LogP contribution in [-0.4, -0.2) is 18.6 Å². The van der Waals surface area contributed by atoms with E-state index < -0.39 is 0 Å². The lowest BCUT2D eigenvalue weighted by atomic mass is 9.70. The van der Waals surface area contributed by atoms with Crippen molar-refractivity contribution in [3.05, 3.63) is 82.0 Å². The van der Waals surface area contributed by atoms with Gasteiger partial charge in [0.15, 0.2) is 5.78 Å². The number of benzene rings is 2. The third kappa shape index (κ3) is 3.18. The molecule has 2 aromatic rings. The van der Waals surface area contributed by atoms with E-state index in [-0.39, 0.29) is 17.1 Å². The Labute approximate surface area is 182 Å². The van der Waals surface area contributed by atoms with Crippen LogP contribution in [0.15, 0.2) is 76.5 Å². The summed E-state index contributed by atoms with van der Waals surface area (Å²) >= 11 is 1.91. The lowest BCUT2D eigenvalue weighted by molar-refractivity contribution is -0.118. The minimum Gasteiger partial charge on any atom is -0.497 e. The fourth-order valence-corrected chi connectivity index (χ4v) is 6.38. The van der Waals surface area contributed by atoms with Crippen LogP contribution < -0.4 is 9.64 Å². The number of nitrogens with zero attached hydrogens (tertiary/aromatic N) is 1. The van der Waals surface area contributed by atoms with Crippen LogP contribution in [0.1, 0.15) is 44.6 Å². The van der Waals surface area contributed by atoms with Crippen molar-refractivity contribution in [2.24, 2.45) is 5.41 Å². The lowest BCUT2D eigenvalue weighted by Crippen LogP contribution is -2.39. The standard InChI is InChI=1S/C26H27NO2S/c1-26(2)15-21-24(22(28)16-26)23(17-8-7-11-19(14-17)29-3)25-20(12-13-30-25)27(21)18-9-5-4-6-10-18/h4-11,14,23H,12-13,15-16H2,1-3H3. The zero-order chi connectivity index (χ0) is 20.9. The molecule has 0 spiro atoms. The van der Waals surface area contributed by atoms with Crippen molar-refractivity contribution in [1.82, 2.24) is 0 Å². The first-order valence-corrected chi connectivity index (χ1v) is 11.6. The minimum atomic E-state index is -0.0360. The van der Waals surface area contributed by atoms with E-state index >= 15 is 0 Å². The average molecular weight is 418 g/mol. The number of hydrogen-bond acceptors (Lipinski definition) is 4. The number of methoxy groups -OCH3 is 1. The topological polar surface area (TPSA) is 29.5 Å². The van der Waals surface area contributed by atoms with Crippen LogP contribution in [0, 0.1) is 5.41 Å². The molecule has 1 aliphatic carbocycles.